The third kappa shape index (κ3) is 7.56. The van der Waals surface area contributed by atoms with Crippen LogP contribution in [0.1, 0.15) is 96.8 Å². The smallest absolute Gasteiger partial charge is 0.157 e. The Morgan fingerprint density at radius 2 is 1.35 bits per heavy atom. The molecule has 5 heteroatoms. The Labute approximate surface area is 163 Å². The molecule has 0 spiro atoms. The van der Waals surface area contributed by atoms with E-state index in [4.69, 9.17) is 12.2 Å². The second-order valence-electron chi connectivity index (χ2n) is 7.44. The highest BCUT2D eigenvalue weighted by Gasteiger charge is 2.04. The zero-order chi connectivity index (χ0) is 18.5. The second kappa shape index (κ2) is 13.0. The number of nitrogens with one attached hydrogen (secondary N) is 1. The average molecular weight is 377 g/mol. The highest BCUT2D eigenvalue weighted by molar-refractivity contribution is 7.71. The van der Waals surface area contributed by atoms with Crippen molar-refractivity contribution < 1.29 is 0 Å². The van der Waals surface area contributed by atoms with Crippen molar-refractivity contribution >= 4 is 23.4 Å². The van der Waals surface area contributed by atoms with E-state index >= 15 is 0 Å². The Morgan fingerprint density at radius 3 is 1.92 bits per heavy atom. The van der Waals surface area contributed by atoms with Gasteiger partial charge in [-0.05, 0) is 6.42 Å². The average Bonchev–Trinajstić information content (AvgIpc) is 3.06. The number of imidazole rings is 1. The van der Waals surface area contributed by atoms with Gasteiger partial charge in [-0.25, -0.2) is 9.97 Å². The fraction of sp³-hybridized carbons (Fsp3) is 0.762. The standard InChI is InChI=1S/C21H36N4S/c1-2-3-4-5-6-7-8-9-10-11-12-13-14-15-16-25-18-24-19-20(25)22-17-23-21(19)26/h17-18H,2-16H2,1H3,(H,22,23,26). The van der Waals surface area contributed by atoms with Gasteiger partial charge in [-0.3, -0.25) is 0 Å². The molecule has 0 aliphatic rings. The molecule has 0 bridgehead atoms. The molecule has 0 unspecified atom stereocenters. The molecule has 1 N–H and O–H groups in total. The van der Waals surface area contributed by atoms with Crippen molar-refractivity contribution in [1.29, 1.82) is 0 Å². The predicted molar refractivity (Wildman–Crippen MR) is 113 cm³/mol. The largest absolute Gasteiger partial charge is 0.331 e. The van der Waals surface area contributed by atoms with Crippen LogP contribution in [-0.2, 0) is 6.54 Å². The van der Waals surface area contributed by atoms with Gasteiger partial charge in [0.15, 0.2) is 4.64 Å². The number of hydrogen-bond acceptors (Lipinski definition) is 3. The van der Waals surface area contributed by atoms with Crippen molar-refractivity contribution in [1.82, 2.24) is 19.5 Å². The maximum Gasteiger partial charge on any atom is 0.157 e. The minimum atomic E-state index is 0.582. The fourth-order valence-corrected chi connectivity index (χ4v) is 3.75. The van der Waals surface area contributed by atoms with Crippen molar-refractivity contribution in [2.75, 3.05) is 0 Å². The number of aromatic amines is 1. The van der Waals surface area contributed by atoms with E-state index in [9.17, 15) is 0 Å². The number of rotatable bonds is 15. The molecule has 0 aliphatic carbocycles. The van der Waals surface area contributed by atoms with Gasteiger partial charge >= 0.3 is 0 Å². The van der Waals surface area contributed by atoms with E-state index < -0.39 is 0 Å². The molecule has 0 radical (unpaired) electrons. The lowest BCUT2D eigenvalue weighted by Gasteiger charge is -2.05. The number of H-pyrrole nitrogens is 1. The number of fused-ring (bicyclic) bond motifs is 1. The maximum absolute atomic E-state index is 5.20. The van der Waals surface area contributed by atoms with Gasteiger partial charge in [-0.15, -0.1) is 0 Å². The molecule has 2 aromatic rings. The summed E-state index contributed by atoms with van der Waals surface area (Å²) < 4.78 is 2.74. The SMILES string of the molecule is CCCCCCCCCCCCCCCCn1cnc2c(=S)nc[nH]c21. The molecule has 2 rings (SSSR count). The summed E-state index contributed by atoms with van der Waals surface area (Å²) in [6.45, 7) is 3.29. The van der Waals surface area contributed by atoms with Crippen LogP contribution in [0.2, 0.25) is 0 Å². The summed E-state index contributed by atoms with van der Waals surface area (Å²) in [6, 6.07) is 0. The van der Waals surface area contributed by atoms with Gasteiger partial charge in [-0.2, -0.15) is 0 Å². The van der Waals surface area contributed by atoms with Crippen LogP contribution in [0.15, 0.2) is 12.7 Å². The summed E-state index contributed by atoms with van der Waals surface area (Å²) in [4.78, 5) is 11.6. The number of unbranched alkanes of at least 4 members (excludes halogenated alkanes) is 13. The van der Waals surface area contributed by atoms with Crippen LogP contribution in [-0.4, -0.2) is 19.5 Å². The number of nitrogens with zero attached hydrogens (tertiary/aromatic N) is 3. The van der Waals surface area contributed by atoms with Gasteiger partial charge in [0.25, 0.3) is 0 Å². The lowest BCUT2D eigenvalue weighted by Crippen LogP contribution is -1.98. The summed E-state index contributed by atoms with van der Waals surface area (Å²) in [6.07, 6.45) is 23.0. The van der Waals surface area contributed by atoms with Crippen LogP contribution in [0, 0.1) is 4.64 Å². The molecule has 0 amide bonds. The summed E-state index contributed by atoms with van der Waals surface area (Å²) in [5, 5.41) is 0. The summed E-state index contributed by atoms with van der Waals surface area (Å²) in [7, 11) is 0. The number of aromatic nitrogens is 4. The minimum Gasteiger partial charge on any atom is -0.331 e. The first-order valence-electron chi connectivity index (χ1n) is 10.7. The van der Waals surface area contributed by atoms with Crippen molar-refractivity contribution in [2.24, 2.45) is 0 Å². The van der Waals surface area contributed by atoms with Crippen LogP contribution in [0.4, 0.5) is 0 Å². The third-order valence-electron chi connectivity index (χ3n) is 5.18. The Morgan fingerprint density at radius 1 is 0.808 bits per heavy atom. The molecule has 0 saturated heterocycles. The molecule has 0 atom stereocenters. The topological polar surface area (TPSA) is 46.5 Å². The van der Waals surface area contributed by atoms with Crippen LogP contribution in [0.25, 0.3) is 11.2 Å². The monoisotopic (exact) mass is 376 g/mol. The van der Waals surface area contributed by atoms with E-state index in [1.165, 1.54) is 89.9 Å². The van der Waals surface area contributed by atoms with Gasteiger partial charge in [-0.1, -0.05) is 103 Å². The van der Waals surface area contributed by atoms with E-state index in [-0.39, 0.29) is 0 Å². The van der Waals surface area contributed by atoms with Crippen LogP contribution < -0.4 is 0 Å². The first kappa shape index (κ1) is 21.1. The van der Waals surface area contributed by atoms with Gasteiger partial charge in [0, 0.05) is 6.54 Å². The zero-order valence-corrected chi connectivity index (χ0v) is 17.3. The fourth-order valence-electron chi connectivity index (χ4n) is 3.55. The molecule has 4 nitrogen and oxygen atoms in total. The Kier molecular flexibility index (Phi) is 10.6. The first-order chi connectivity index (χ1) is 12.8. The molecule has 146 valence electrons. The van der Waals surface area contributed by atoms with Gasteiger partial charge in [0.2, 0.25) is 0 Å². The maximum atomic E-state index is 5.20. The highest BCUT2D eigenvalue weighted by atomic mass is 32.1. The zero-order valence-electron chi connectivity index (χ0n) is 16.5. The lowest BCUT2D eigenvalue weighted by molar-refractivity contribution is 0.525. The van der Waals surface area contributed by atoms with Crippen LogP contribution in [0.3, 0.4) is 0 Å². The second-order valence-corrected chi connectivity index (χ2v) is 7.83. The number of hydrogen-bond donors (Lipinski definition) is 1. The lowest BCUT2D eigenvalue weighted by atomic mass is 10.0. The highest BCUT2D eigenvalue weighted by Crippen LogP contribution is 2.14. The van der Waals surface area contributed by atoms with Gasteiger partial charge in [0.1, 0.15) is 11.2 Å². The van der Waals surface area contributed by atoms with Crippen LogP contribution >= 0.6 is 12.2 Å². The minimum absolute atomic E-state index is 0.582. The Hall–Kier alpha value is -1.23. The van der Waals surface area contributed by atoms with E-state index in [1.807, 2.05) is 6.33 Å². The van der Waals surface area contributed by atoms with E-state index in [0.29, 0.717) is 4.64 Å². The van der Waals surface area contributed by atoms with E-state index in [0.717, 1.165) is 17.7 Å². The molecule has 26 heavy (non-hydrogen) atoms. The van der Waals surface area contributed by atoms with Crippen molar-refractivity contribution in [2.45, 2.75) is 103 Å². The molecule has 0 aliphatic heterocycles. The molecule has 2 aromatic heterocycles. The molecule has 0 fully saturated rings. The predicted octanol–water partition coefficient (Wildman–Crippen LogP) is 6.97. The van der Waals surface area contributed by atoms with Gasteiger partial charge in [0.05, 0.1) is 12.7 Å². The van der Waals surface area contributed by atoms with Crippen molar-refractivity contribution in [3.05, 3.63) is 17.3 Å². The molecule has 0 saturated carbocycles. The Bertz CT molecular complexity index is 661. The van der Waals surface area contributed by atoms with Crippen LogP contribution in [0.5, 0.6) is 0 Å². The Balaban J connectivity index is 1.43. The molecule has 0 aromatic carbocycles. The van der Waals surface area contributed by atoms with E-state index in [1.54, 1.807) is 6.33 Å². The third-order valence-corrected chi connectivity index (χ3v) is 5.47. The first-order valence-corrected chi connectivity index (χ1v) is 11.1. The number of aryl methyl sites for hydroxylation is 1. The molecular formula is C21H36N4S. The van der Waals surface area contributed by atoms with Crippen molar-refractivity contribution in [3.8, 4) is 0 Å². The molecule has 2 heterocycles. The summed E-state index contributed by atoms with van der Waals surface area (Å²) in [5.74, 6) is 0. The van der Waals surface area contributed by atoms with E-state index in [2.05, 4.69) is 26.4 Å². The quantitative estimate of drug-likeness (QED) is 0.270. The molecular weight excluding hydrogens is 340 g/mol. The van der Waals surface area contributed by atoms with Gasteiger partial charge < -0.3 is 9.55 Å². The van der Waals surface area contributed by atoms with Crippen molar-refractivity contribution in [3.63, 3.8) is 0 Å². The summed E-state index contributed by atoms with van der Waals surface area (Å²) >= 11 is 5.20. The normalized spacial score (nSPS) is 11.4. The summed E-state index contributed by atoms with van der Waals surface area (Å²) in [5.41, 5.74) is 1.81.